The first kappa shape index (κ1) is 37.9. The summed E-state index contributed by atoms with van der Waals surface area (Å²) in [5.74, 6) is 1.77. The second kappa shape index (κ2) is 21.8. The van der Waals surface area contributed by atoms with Crippen LogP contribution in [0.1, 0.15) is 110 Å². The Kier molecular flexibility index (Phi) is 15.9. The predicted molar refractivity (Wildman–Crippen MR) is 227 cm³/mol. The largest absolute Gasteiger partial charge is 0.493 e. The lowest BCUT2D eigenvalue weighted by Crippen LogP contribution is -2.03. The van der Waals surface area contributed by atoms with Crippen LogP contribution in [0.4, 0.5) is 0 Å². The Morgan fingerprint density at radius 3 is 0.981 bits per heavy atom. The summed E-state index contributed by atoms with van der Waals surface area (Å²) in [6.45, 7) is 5.87. The van der Waals surface area contributed by atoms with Crippen LogP contribution in [0.25, 0.3) is 48.6 Å². The molecule has 0 radical (unpaired) electrons. The standard InChI is InChI=1S/C50H54O2/c1-3-5-7-15-37-51-49-39-48(36-34-46-31-27-44(28-32-46)24-22-42-19-13-10-14-20-42)50(52-38-16-8-6-4-2)40-47(49)35-33-45-29-25-43(26-30-45)23-21-41-17-11-9-12-18-41/h9-14,17-36,39-40H,3-8,15-16,37-38H2,1-2H3/b23-21+,24-22+,35-33+,36-34+. The van der Waals surface area contributed by atoms with E-state index in [-0.39, 0.29) is 0 Å². The van der Waals surface area contributed by atoms with Gasteiger partial charge in [-0.1, -0.05) is 210 Å². The van der Waals surface area contributed by atoms with Gasteiger partial charge in [0, 0.05) is 11.1 Å². The minimum atomic E-state index is 0.696. The van der Waals surface area contributed by atoms with E-state index < -0.39 is 0 Å². The highest BCUT2D eigenvalue weighted by molar-refractivity contribution is 5.80. The first-order chi connectivity index (χ1) is 25.7. The summed E-state index contributed by atoms with van der Waals surface area (Å²) >= 11 is 0. The molecule has 0 N–H and O–H groups in total. The maximum absolute atomic E-state index is 6.49. The highest BCUT2D eigenvalue weighted by Crippen LogP contribution is 2.33. The predicted octanol–water partition coefficient (Wildman–Crippen LogP) is 14.3. The van der Waals surface area contributed by atoms with Gasteiger partial charge in [-0.25, -0.2) is 0 Å². The van der Waals surface area contributed by atoms with Gasteiger partial charge in [0.2, 0.25) is 0 Å². The lowest BCUT2D eigenvalue weighted by atomic mass is 10.0. The first-order valence-corrected chi connectivity index (χ1v) is 19.2. The minimum Gasteiger partial charge on any atom is -0.493 e. The van der Waals surface area contributed by atoms with Gasteiger partial charge in [-0.05, 0) is 58.4 Å². The molecule has 0 spiro atoms. The van der Waals surface area contributed by atoms with Gasteiger partial charge in [-0.2, -0.15) is 0 Å². The van der Waals surface area contributed by atoms with Crippen LogP contribution in [0.15, 0.2) is 121 Å². The van der Waals surface area contributed by atoms with Gasteiger partial charge >= 0.3 is 0 Å². The molecule has 52 heavy (non-hydrogen) atoms. The van der Waals surface area contributed by atoms with Crippen LogP contribution in [-0.4, -0.2) is 13.2 Å². The molecule has 0 bridgehead atoms. The lowest BCUT2D eigenvalue weighted by Gasteiger charge is -2.15. The number of benzene rings is 5. The average molecular weight is 687 g/mol. The van der Waals surface area contributed by atoms with E-state index in [0.717, 1.165) is 46.6 Å². The van der Waals surface area contributed by atoms with Crippen molar-refractivity contribution in [1.82, 2.24) is 0 Å². The molecule has 0 fully saturated rings. The molecule has 5 aromatic rings. The Morgan fingerprint density at radius 1 is 0.346 bits per heavy atom. The number of unbranched alkanes of at least 4 members (excludes halogenated alkanes) is 6. The molecule has 0 aromatic heterocycles. The van der Waals surface area contributed by atoms with E-state index in [4.69, 9.17) is 9.47 Å². The Hall–Kier alpha value is -5.34. The second-order valence-corrected chi connectivity index (χ2v) is 13.2. The van der Waals surface area contributed by atoms with Crippen LogP contribution in [0.5, 0.6) is 11.5 Å². The van der Waals surface area contributed by atoms with Gasteiger partial charge < -0.3 is 9.47 Å². The normalized spacial score (nSPS) is 11.7. The summed E-state index contributed by atoms with van der Waals surface area (Å²) in [5.41, 5.74) is 9.06. The van der Waals surface area contributed by atoms with Crippen LogP contribution in [0.2, 0.25) is 0 Å². The molecule has 2 heteroatoms. The number of hydrogen-bond acceptors (Lipinski definition) is 2. The summed E-state index contributed by atoms with van der Waals surface area (Å²) in [6, 6.07) is 42.4. The highest BCUT2D eigenvalue weighted by Gasteiger charge is 2.11. The molecule has 266 valence electrons. The maximum Gasteiger partial charge on any atom is 0.127 e. The van der Waals surface area contributed by atoms with Crippen molar-refractivity contribution in [3.05, 3.63) is 166 Å². The fourth-order valence-electron chi connectivity index (χ4n) is 5.85. The van der Waals surface area contributed by atoms with E-state index in [0.29, 0.717) is 13.2 Å². The Balaban J connectivity index is 1.37. The first-order valence-electron chi connectivity index (χ1n) is 19.2. The highest BCUT2D eigenvalue weighted by atomic mass is 16.5. The van der Waals surface area contributed by atoms with E-state index in [1.807, 2.05) is 12.1 Å². The molecular weight excluding hydrogens is 633 g/mol. The summed E-state index contributed by atoms with van der Waals surface area (Å²) in [6.07, 6.45) is 26.6. The van der Waals surface area contributed by atoms with Gasteiger partial charge in [0.25, 0.3) is 0 Å². The average Bonchev–Trinajstić information content (AvgIpc) is 3.19. The molecule has 0 aliphatic rings. The van der Waals surface area contributed by atoms with Crippen molar-refractivity contribution in [2.75, 3.05) is 13.2 Å². The monoisotopic (exact) mass is 686 g/mol. The van der Waals surface area contributed by atoms with E-state index in [9.17, 15) is 0 Å². The van der Waals surface area contributed by atoms with Crippen LogP contribution in [0.3, 0.4) is 0 Å². The summed E-state index contributed by atoms with van der Waals surface area (Å²) in [5, 5.41) is 0. The summed E-state index contributed by atoms with van der Waals surface area (Å²) < 4.78 is 13.0. The van der Waals surface area contributed by atoms with Crippen molar-refractivity contribution >= 4 is 48.6 Å². The lowest BCUT2D eigenvalue weighted by molar-refractivity contribution is 0.296. The topological polar surface area (TPSA) is 18.5 Å². The minimum absolute atomic E-state index is 0.696. The van der Waals surface area contributed by atoms with Crippen molar-refractivity contribution in [3.63, 3.8) is 0 Å². The van der Waals surface area contributed by atoms with Crippen LogP contribution >= 0.6 is 0 Å². The zero-order chi connectivity index (χ0) is 36.1. The third kappa shape index (κ3) is 13.1. The van der Waals surface area contributed by atoms with Crippen molar-refractivity contribution in [2.45, 2.75) is 65.2 Å². The van der Waals surface area contributed by atoms with Gasteiger partial charge in [0.15, 0.2) is 0 Å². The SMILES string of the molecule is CCCCCCOc1cc(/C=C/c2ccc(/C=C/c3ccccc3)cc2)c(OCCCCCC)cc1/C=C/c1ccc(/C=C/c2ccccc2)cc1. The number of ether oxygens (including phenoxy) is 2. The van der Waals surface area contributed by atoms with Gasteiger partial charge in [0.1, 0.15) is 11.5 Å². The molecule has 0 amide bonds. The van der Waals surface area contributed by atoms with E-state index >= 15 is 0 Å². The molecule has 5 rings (SSSR count). The van der Waals surface area contributed by atoms with Crippen molar-refractivity contribution in [1.29, 1.82) is 0 Å². The molecule has 2 nitrogen and oxygen atoms in total. The number of hydrogen-bond donors (Lipinski definition) is 0. The molecule has 0 heterocycles. The van der Waals surface area contributed by atoms with Gasteiger partial charge in [-0.15, -0.1) is 0 Å². The van der Waals surface area contributed by atoms with Crippen molar-refractivity contribution < 1.29 is 9.47 Å². The van der Waals surface area contributed by atoms with Gasteiger partial charge in [0.05, 0.1) is 13.2 Å². The molecule has 0 atom stereocenters. The van der Waals surface area contributed by atoms with E-state index in [1.54, 1.807) is 0 Å². The van der Waals surface area contributed by atoms with E-state index in [1.165, 1.54) is 60.8 Å². The Bertz CT molecular complexity index is 1720. The van der Waals surface area contributed by atoms with Gasteiger partial charge in [-0.3, -0.25) is 0 Å². The molecule has 0 unspecified atom stereocenters. The second-order valence-electron chi connectivity index (χ2n) is 13.2. The summed E-state index contributed by atoms with van der Waals surface area (Å²) in [7, 11) is 0. The fraction of sp³-hybridized carbons (Fsp3) is 0.240. The Morgan fingerprint density at radius 2 is 0.654 bits per heavy atom. The Labute approximate surface area is 312 Å². The van der Waals surface area contributed by atoms with Crippen LogP contribution in [0, 0.1) is 0 Å². The molecule has 0 saturated carbocycles. The molecule has 5 aromatic carbocycles. The zero-order valence-corrected chi connectivity index (χ0v) is 31.1. The molecule has 0 aliphatic heterocycles. The fourth-order valence-corrected chi connectivity index (χ4v) is 5.85. The molecule has 0 aliphatic carbocycles. The quantitative estimate of drug-likeness (QED) is 0.0599. The van der Waals surface area contributed by atoms with E-state index in [2.05, 4.69) is 172 Å². The van der Waals surface area contributed by atoms with Crippen molar-refractivity contribution in [3.8, 4) is 11.5 Å². The van der Waals surface area contributed by atoms with Crippen LogP contribution in [-0.2, 0) is 0 Å². The zero-order valence-electron chi connectivity index (χ0n) is 31.1. The number of rotatable bonds is 20. The summed E-state index contributed by atoms with van der Waals surface area (Å²) in [4.78, 5) is 0. The van der Waals surface area contributed by atoms with Crippen LogP contribution < -0.4 is 9.47 Å². The van der Waals surface area contributed by atoms with Crippen molar-refractivity contribution in [2.24, 2.45) is 0 Å². The third-order valence-corrected chi connectivity index (χ3v) is 8.97. The molecule has 0 saturated heterocycles. The maximum atomic E-state index is 6.49. The third-order valence-electron chi connectivity index (χ3n) is 8.97. The smallest absolute Gasteiger partial charge is 0.127 e. The molecular formula is C50H54O2.